The third kappa shape index (κ3) is 5.37. The number of carbonyl (C=O) groups excluding carboxylic acids is 1. The van der Waals surface area contributed by atoms with Gasteiger partial charge in [-0.05, 0) is 53.1 Å². The lowest BCUT2D eigenvalue weighted by atomic mass is 9.92. The summed E-state index contributed by atoms with van der Waals surface area (Å²) in [6, 6.07) is 22.8. The van der Waals surface area contributed by atoms with E-state index in [9.17, 15) is 41.0 Å². The fourth-order valence-electron chi connectivity index (χ4n) is 4.74. The number of aliphatic hydroxyl groups is 1. The van der Waals surface area contributed by atoms with Gasteiger partial charge in [-0.15, -0.1) is 0 Å². The van der Waals surface area contributed by atoms with Crippen LogP contribution in [0.1, 0.15) is 27.3 Å². The molecular formula is C31H21F6N3O3. The average Bonchev–Trinajstić information content (AvgIpc) is 2.96. The van der Waals surface area contributed by atoms with E-state index < -0.39 is 35.0 Å². The minimum Gasteiger partial charge on any atom is -0.369 e. The van der Waals surface area contributed by atoms with Crippen LogP contribution in [0.2, 0.25) is 0 Å². The Morgan fingerprint density at radius 1 is 0.791 bits per heavy atom. The second-order valence-corrected chi connectivity index (χ2v) is 9.76. The van der Waals surface area contributed by atoms with E-state index in [1.165, 1.54) is 12.1 Å². The molecular weight excluding hydrogens is 576 g/mol. The number of halogens is 6. The van der Waals surface area contributed by atoms with Crippen LogP contribution in [0, 0.1) is 0 Å². The molecule has 0 unspecified atom stereocenters. The highest BCUT2D eigenvalue weighted by molar-refractivity contribution is 5.93. The molecule has 0 aliphatic heterocycles. The second kappa shape index (κ2) is 10.7. The number of amides is 1. The highest BCUT2D eigenvalue weighted by Gasteiger charge is 2.71. The first-order valence-electron chi connectivity index (χ1n) is 12.7. The van der Waals surface area contributed by atoms with Crippen LogP contribution in [0.25, 0.3) is 27.7 Å². The van der Waals surface area contributed by atoms with E-state index in [-0.39, 0.29) is 28.9 Å². The quantitative estimate of drug-likeness (QED) is 0.233. The van der Waals surface area contributed by atoms with Crippen LogP contribution in [0.5, 0.6) is 0 Å². The number of rotatable bonds is 6. The minimum absolute atomic E-state index is 0.0583. The number of nitrogens with zero attached hydrogens (tertiary/aromatic N) is 2. The van der Waals surface area contributed by atoms with Gasteiger partial charge in [0, 0.05) is 17.5 Å². The van der Waals surface area contributed by atoms with Crippen molar-refractivity contribution < 1.29 is 36.2 Å². The maximum Gasteiger partial charge on any atom is 0.430 e. The number of hydrogen-bond acceptors (Lipinski definition) is 4. The van der Waals surface area contributed by atoms with Crippen molar-refractivity contribution in [1.29, 1.82) is 0 Å². The highest BCUT2D eigenvalue weighted by Crippen LogP contribution is 2.50. The molecule has 6 nitrogen and oxygen atoms in total. The van der Waals surface area contributed by atoms with Gasteiger partial charge in [0.1, 0.15) is 5.82 Å². The Morgan fingerprint density at radius 2 is 1.37 bits per heavy atom. The maximum absolute atomic E-state index is 13.9. The standard InChI is InChI=1S/C31H21F6N3O3/c32-30(33,34)29(43,31(35,36)37)22-11-13-23(14-12-22)40-26(16-18-4-2-1-3-5-18)39-25-15-10-21(17-24(25)28(40)42)19-6-8-20(9-7-19)27(38)41/h1-15,17,43H,16H2,(H2,38,41). The fraction of sp³-hybridized carbons (Fsp3) is 0.129. The van der Waals surface area contributed by atoms with Gasteiger partial charge in [-0.25, -0.2) is 4.98 Å². The molecule has 220 valence electrons. The van der Waals surface area contributed by atoms with Gasteiger partial charge in [-0.3, -0.25) is 14.2 Å². The molecule has 0 spiro atoms. The molecule has 1 amide bonds. The van der Waals surface area contributed by atoms with Crippen LogP contribution >= 0.6 is 0 Å². The lowest BCUT2D eigenvalue weighted by Crippen LogP contribution is -2.53. The maximum atomic E-state index is 13.9. The number of hydrogen-bond donors (Lipinski definition) is 2. The van der Waals surface area contributed by atoms with Crippen molar-refractivity contribution in [3.8, 4) is 16.8 Å². The van der Waals surface area contributed by atoms with Crippen LogP contribution in [-0.2, 0) is 12.0 Å². The molecule has 4 aromatic carbocycles. The summed E-state index contributed by atoms with van der Waals surface area (Å²) < 4.78 is 81.7. The summed E-state index contributed by atoms with van der Waals surface area (Å²) in [6.45, 7) is 0. The number of primary amides is 1. The van der Waals surface area contributed by atoms with Crippen LogP contribution in [0.4, 0.5) is 26.3 Å². The van der Waals surface area contributed by atoms with E-state index in [0.717, 1.165) is 22.3 Å². The van der Waals surface area contributed by atoms with Crippen molar-refractivity contribution in [3.05, 3.63) is 130 Å². The lowest BCUT2D eigenvalue weighted by molar-refractivity contribution is -0.376. The third-order valence-corrected chi connectivity index (χ3v) is 7.01. The Morgan fingerprint density at radius 3 is 1.93 bits per heavy atom. The number of carbonyl (C=O) groups is 1. The van der Waals surface area contributed by atoms with Gasteiger partial charge in [-0.1, -0.05) is 60.7 Å². The van der Waals surface area contributed by atoms with Gasteiger partial charge in [0.05, 0.1) is 16.6 Å². The molecule has 0 aliphatic carbocycles. The Hall–Kier alpha value is -4.97. The monoisotopic (exact) mass is 597 g/mol. The molecule has 43 heavy (non-hydrogen) atoms. The zero-order valence-corrected chi connectivity index (χ0v) is 21.9. The molecule has 0 fully saturated rings. The summed E-state index contributed by atoms with van der Waals surface area (Å²) in [5.74, 6) is -0.435. The van der Waals surface area contributed by atoms with Gasteiger partial charge in [-0.2, -0.15) is 26.3 Å². The molecule has 5 rings (SSSR count). The van der Waals surface area contributed by atoms with Crippen LogP contribution < -0.4 is 11.3 Å². The van der Waals surface area contributed by atoms with Gasteiger partial charge in [0.15, 0.2) is 0 Å². The lowest BCUT2D eigenvalue weighted by Gasteiger charge is -2.32. The molecule has 0 saturated heterocycles. The predicted octanol–water partition coefficient (Wildman–Crippen LogP) is 6.05. The molecule has 12 heteroatoms. The van der Waals surface area contributed by atoms with E-state index in [0.29, 0.717) is 28.8 Å². The summed E-state index contributed by atoms with van der Waals surface area (Å²) in [7, 11) is 0. The van der Waals surface area contributed by atoms with Crippen LogP contribution in [0.3, 0.4) is 0 Å². The number of benzene rings is 4. The van der Waals surface area contributed by atoms with Crippen molar-refractivity contribution in [3.63, 3.8) is 0 Å². The molecule has 3 N–H and O–H groups in total. The molecule has 0 radical (unpaired) electrons. The van der Waals surface area contributed by atoms with Crippen LogP contribution in [0.15, 0.2) is 102 Å². The number of fused-ring (bicyclic) bond motifs is 1. The smallest absolute Gasteiger partial charge is 0.369 e. The summed E-state index contributed by atoms with van der Waals surface area (Å²) in [4.78, 5) is 30.0. The summed E-state index contributed by atoms with van der Waals surface area (Å²) in [5, 5.41) is 9.92. The number of aromatic nitrogens is 2. The summed E-state index contributed by atoms with van der Waals surface area (Å²) in [5.41, 5.74) is 0.615. The fourth-order valence-corrected chi connectivity index (χ4v) is 4.74. The molecule has 1 heterocycles. The molecule has 1 aromatic heterocycles. The topological polar surface area (TPSA) is 98.2 Å². The second-order valence-electron chi connectivity index (χ2n) is 9.76. The van der Waals surface area contributed by atoms with E-state index in [4.69, 9.17) is 5.73 Å². The average molecular weight is 598 g/mol. The van der Waals surface area contributed by atoms with Gasteiger partial charge in [0.25, 0.3) is 11.2 Å². The first-order chi connectivity index (χ1) is 20.2. The van der Waals surface area contributed by atoms with E-state index >= 15 is 0 Å². The van der Waals surface area contributed by atoms with Gasteiger partial charge in [0.2, 0.25) is 5.91 Å². The van der Waals surface area contributed by atoms with E-state index in [1.807, 2.05) is 0 Å². The van der Waals surface area contributed by atoms with Crippen molar-refractivity contribution in [1.82, 2.24) is 9.55 Å². The predicted molar refractivity (Wildman–Crippen MR) is 147 cm³/mol. The first-order valence-corrected chi connectivity index (χ1v) is 12.7. The SMILES string of the molecule is NC(=O)c1ccc(-c2ccc3nc(Cc4ccccc4)n(-c4ccc(C(O)(C(F)(F)F)C(F)(F)F)cc4)c(=O)c3c2)cc1. The zero-order valence-electron chi connectivity index (χ0n) is 21.9. The molecule has 0 saturated carbocycles. The van der Waals surface area contributed by atoms with E-state index in [1.54, 1.807) is 60.7 Å². The minimum atomic E-state index is -6.06. The molecule has 5 aromatic rings. The molecule has 0 atom stereocenters. The molecule has 0 aliphatic rings. The Balaban J connectivity index is 1.68. The Bertz CT molecular complexity index is 1850. The highest BCUT2D eigenvalue weighted by atomic mass is 19.4. The normalized spacial score (nSPS) is 12.4. The number of nitrogens with two attached hydrogens (primary N) is 1. The zero-order chi connectivity index (χ0) is 31.2. The van der Waals surface area contributed by atoms with Crippen molar-refractivity contribution in [2.75, 3.05) is 0 Å². The summed E-state index contributed by atoms with van der Waals surface area (Å²) >= 11 is 0. The number of alkyl halides is 6. The Labute approximate surface area is 239 Å². The third-order valence-electron chi connectivity index (χ3n) is 7.01. The van der Waals surface area contributed by atoms with Gasteiger partial charge < -0.3 is 10.8 Å². The van der Waals surface area contributed by atoms with Crippen molar-refractivity contribution in [2.24, 2.45) is 5.73 Å². The first kappa shape index (κ1) is 29.5. The van der Waals surface area contributed by atoms with Crippen LogP contribution in [-0.4, -0.2) is 32.9 Å². The molecule has 0 bridgehead atoms. The van der Waals surface area contributed by atoms with Crippen molar-refractivity contribution >= 4 is 16.8 Å². The summed E-state index contributed by atoms with van der Waals surface area (Å²) in [6.07, 6.45) is -12.0. The Kier molecular flexibility index (Phi) is 7.34. The van der Waals surface area contributed by atoms with Gasteiger partial charge >= 0.3 is 12.4 Å². The largest absolute Gasteiger partial charge is 0.430 e. The van der Waals surface area contributed by atoms with E-state index in [2.05, 4.69) is 4.98 Å². The van der Waals surface area contributed by atoms with Crippen molar-refractivity contribution in [2.45, 2.75) is 24.4 Å².